The number of urea groups is 1. The van der Waals surface area contributed by atoms with Crippen LogP contribution in [0.25, 0.3) is 0 Å². The number of ether oxygens (including phenoxy) is 1. The molecule has 0 radical (unpaired) electrons. The second-order valence-electron chi connectivity index (χ2n) is 5.78. The molecule has 5 heteroatoms. The molecule has 0 saturated carbocycles. The highest BCUT2D eigenvalue weighted by atomic mass is 16.5. The smallest absolute Gasteiger partial charge is 0.323 e. The third-order valence-electron chi connectivity index (χ3n) is 4.02. The molecular weight excluding hydrogens is 302 g/mol. The van der Waals surface area contributed by atoms with Crippen molar-refractivity contribution < 1.29 is 9.53 Å². The molecule has 1 aliphatic heterocycles. The van der Waals surface area contributed by atoms with Gasteiger partial charge in [-0.05, 0) is 68.3 Å². The Morgan fingerprint density at radius 2 is 1.50 bits per heavy atom. The molecule has 1 fully saturated rings. The topological polar surface area (TPSA) is 53.6 Å². The molecule has 1 saturated heterocycles. The van der Waals surface area contributed by atoms with Crippen LogP contribution in [0.1, 0.15) is 19.8 Å². The molecule has 126 valence electrons. The van der Waals surface area contributed by atoms with E-state index in [0.29, 0.717) is 6.61 Å². The van der Waals surface area contributed by atoms with Gasteiger partial charge in [-0.2, -0.15) is 0 Å². The molecule has 0 aromatic heterocycles. The van der Waals surface area contributed by atoms with Gasteiger partial charge in [0.1, 0.15) is 5.75 Å². The van der Waals surface area contributed by atoms with E-state index in [4.69, 9.17) is 4.74 Å². The van der Waals surface area contributed by atoms with E-state index in [1.165, 1.54) is 18.5 Å². The predicted octanol–water partition coefficient (Wildman–Crippen LogP) is 4.33. The highest BCUT2D eigenvalue weighted by Gasteiger charge is 2.12. The lowest BCUT2D eigenvalue weighted by atomic mass is 10.2. The summed E-state index contributed by atoms with van der Waals surface area (Å²) in [6, 6.07) is 15.0. The van der Waals surface area contributed by atoms with Gasteiger partial charge in [-0.3, -0.25) is 0 Å². The van der Waals surface area contributed by atoms with E-state index in [1.807, 2.05) is 43.3 Å². The van der Waals surface area contributed by atoms with E-state index in [2.05, 4.69) is 27.7 Å². The molecule has 1 aliphatic rings. The number of hydrogen-bond acceptors (Lipinski definition) is 3. The van der Waals surface area contributed by atoms with E-state index < -0.39 is 0 Å². The second kappa shape index (κ2) is 7.73. The molecule has 0 atom stereocenters. The maximum atomic E-state index is 12.1. The van der Waals surface area contributed by atoms with Gasteiger partial charge in [0, 0.05) is 30.2 Å². The Kier molecular flexibility index (Phi) is 5.21. The highest BCUT2D eigenvalue weighted by molar-refractivity contribution is 5.99. The van der Waals surface area contributed by atoms with Crippen LogP contribution in [0.3, 0.4) is 0 Å². The third-order valence-corrected chi connectivity index (χ3v) is 4.02. The van der Waals surface area contributed by atoms with Crippen molar-refractivity contribution in [2.75, 3.05) is 35.2 Å². The molecule has 2 aromatic carbocycles. The summed E-state index contributed by atoms with van der Waals surface area (Å²) in [6.45, 7) is 4.80. The molecule has 5 nitrogen and oxygen atoms in total. The summed E-state index contributed by atoms with van der Waals surface area (Å²) in [6.07, 6.45) is 2.51. The number of hydrogen-bond donors (Lipinski definition) is 2. The van der Waals surface area contributed by atoms with Crippen molar-refractivity contribution in [3.05, 3.63) is 48.5 Å². The van der Waals surface area contributed by atoms with Crippen LogP contribution >= 0.6 is 0 Å². The Bertz CT molecular complexity index is 662. The van der Waals surface area contributed by atoms with Crippen LogP contribution in [-0.4, -0.2) is 25.7 Å². The largest absolute Gasteiger partial charge is 0.494 e. The molecule has 2 amide bonds. The lowest BCUT2D eigenvalue weighted by Gasteiger charge is -2.17. The monoisotopic (exact) mass is 325 g/mol. The Morgan fingerprint density at radius 3 is 2.04 bits per heavy atom. The van der Waals surface area contributed by atoms with Crippen molar-refractivity contribution in [3.8, 4) is 5.75 Å². The Morgan fingerprint density at radius 1 is 0.958 bits per heavy atom. The first-order chi connectivity index (χ1) is 11.7. The van der Waals surface area contributed by atoms with Gasteiger partial charge in [0.15, 0.2) is 0 Å². The van der Waals surface area contributed by atoms with Gasteiger partial charge >= 0.3 is 6.03 Å². The number of anilines is 3. The summed E-state index contributed by atoms with van der Waals surface area (Å²) in [5, 5.41) is 5.66. The quantitative estimate of drug-likeness (QED) is 0.860. The van der Waals surface area contributed by atoms with Crippen molar-refractivity contribution in [1.29, 1.82) is 0 Å². The Hall–Kier alpha value is -2.69. The fourth-order valence-electron chi connectivity index (χ4n) is 2.83. The summed E-state index contributed by atoms with van der Waals surface area (Å²) >= 11 is 0. The van der Waals surface area contributed by atoms with Gasteiger partial charge in [0.2, 0.25) is 0 Å². The fourth-order valence-corrected chi connectivity index (χ4v) is 2.83. The fraction of sp³-hybridized carbons (Fsp3) is 0.316. The van der Waals surface area contributed by atoms with Crippen molar-refractivity contribution in [2.45, 2.75) is 19.8 Å². The van der Waals surface area contributed by atoms with E-state index in [0.717, 1.165) is 30.2 Å². The molecule has 0 bridgehead atoms. The Labute approximate surface area is 142 Å². The van der Waals surface area contributed by atoms with Gasteiger partial charge < -0.3 is 20.3 Å². The number of nitrogens with zero attached hydrogens (tertiary/aromatic N) is 1. The lowest BCUT2D eigenvalue weighted by molar-refractivity contribution is 0.262. The highest BCUT2D eigenvalue weighted by Crippen LogP contribution is 2.22. The van der Waals surface area contributed by atoms with Crippen molar-refractivity contribution in [3.63, 3.8) is 0 Å². The van der Waals surface area contributed by atoms with Gasteiger partial charge in [0.05, 0.1) is 6.61 Å². The first-order valence-corrected chi connectivity index (χ1v) is 8.40. The number of rotatable bonds is 5. The van der Waals surface area contributed by atoms with E-state index >= 15 is 0 Å². The van der Waals surface area contributed by atoms with Crippen LogP contribution in [0, 0.1) is 0 Å². The van der Waals surface area contributed by atoms with Crippen molar-refractivity contribution in [2.24, 2.45) is 0 Å². The minimum Gasteiger partial charge on any atom is -0.494 e. The minimum atomic E-state index is -0.256. The zero-order valence-electron chi connectivity index (χ0n) is 13.9. The summed E-state index contributed by atoms with van der Waals surface area (Å²) in [5.41, 5.74) is 2.72. The van der Waals surface area contributed by atoms with E-state index in [-0.39, 0.29) is 6.03 Å². The molecule has 2 N–H and O–H groups in total. The van der Waals surface area contributed by atoms with Gasteiger partial charge in [-0.15, -0.1) is 0 Å². The number of benzene rings is 2. The molecular formula is C19H23N3O2. The van der Waals surface area contributed by atoms with Crippen molar-refractivity contribution in [1.82, 2.24) is 0 Å². The normalized spacial score (nSPS) is 13.6. The van der Waals surface area contributed by atoms with Gasteiger partial charge in [-0.1, -0.05) is 0 Å². The minimum absolute atomic E-state index is 0.256. The predicted molar refractivity (Wildman–Crippen MR) is 98.1 cm³/mol. The first kappa shape index (κ1) is 16.2. The molecule has 3 rings (SSSR count). The number of nitrogens with one attached hydrogen (secondary N) is 2. The third kappa shape index (κ3) is 4.19. The molecule has 0 unspecified atom stereocenters. The molecule has 24 heavy (non-hydrogen) atoms. The standard InChI is InChI=1S/C19H23N3O2/c1-2-24-18-11-7-16(8-12-18)21-19(23)20-15-5-9-17(10-6-15)22-13-3-4-14-22/h5-12H,2-4,13-14H2,1H3,(H2,20,21,23). The summed E-state index contributed by atoms with van der Waals surface area (Å²) < 4.78 is 5.38. The van der Waals surface area contributed by atoms with Crippen LogP contribution in [0.2, 0.25) is 0 Å². The number of carbonyl (C=O) groups is 1. The number of amides is 2. The first-order valence-electron chi connectivity index (χ1n) is 8.40. The molecule has 2 aromatic rings. The molecule has 0 spiro atoms. The summed E-state index contributed by atoms with van der Waals surface area (Å²) in [7, 11) is 0. The summed E-state index contributed by atoms with van der Waals surface area (Å²) in [5.74, 6) is 0.793. The SMILES string of the molecule is CCOc1ccc(NC(=O)Nc2ccc(N3CCCC3)cc2)cc1. The van der Waals surface area contributed by atoms with Crippen LogP contribution < -0.4 is 20.3 Å². The second-order valence-corrected chi connectivity index (χ2v) is 5.78. The maximum Gasteiger partial charge on any atom is 0.323 e. The average Bonchev–Trinajstić information content (AvgIpc) is 3.12. The average molecular weight is 325 g/mol. The van der Waals surface area contributed by atoms with Crippen LogP contribution in [-0.2, 0) is 0 Å². The lowest BCUT2D eigenvalue weighted by Crippen LogP contribution is -2.20. The van der Waals surface area contributed by atoms with Crippen LogP contribution in [0.5, 0.6) is 5.75 Å². The van der Waals surface area contributed by atoms with Gasteiger partial charge in [0.25, 0.3) is 0 Å². The van der Waals surface area contributed by atoms with Crippen LogP contribution in [0.15, 0.2) is 48.5 Å². The van der Waals surface area contributed by atoms with Gasteiger partial charge in [-0.25, -0.2) is 4.79 Å². The van der Waals surface area contributed by atoms with Crippen molar-refractivity contribution >= 4 is 23.1 Å². The molecule has 1 heterocycles. The zero-order chi connectivity index (χ0) is 16.8. The zero-order valence-corrected chi connectivity index (χ0v) is 13.9. The molecule has 0 aliphatic carbocycles. The Balaban J connectivity index is 1.54. The van der Waals surface area contributed by atoms with E-state index in [9.17, 15) is 4.79 Å². The van der Waals surface area contributed by atoms with Crippen LogP contribution in [0.4, 0.5) is 21.9 Å². The van der Waals surface area contributed by atoms with E-state index in [1.54, 1.807) is 0 Å². The number of carbonyl (C=O) groups excluding carboxylic acids is 1. The summed E-state index contributed by atoms with van der Waals surface area (Å²) in [4.78, 5) is 14.4. The maximum absolute atomic E-state index is 12.1.